The van der Waals surface area contributed by atoms with Gasteiger partial charge in [-0.05, 0) is 6.07 Å². The Bertz CT molecular complexity index is 364. The number of hydrogen-bond acceptors (Lipinski definition) is 4. The first-order chi connectivity index (χ1) is 7.25. The lowest BCUT2D eigenvalue weighted by Gasteiger charge is -2.11. The summed E-state index contributed by atoms with van der Waals surface area (Å²) < 4.78 is 10.8. The predicted octanol–water partition coefficient (Wildman–Crippen LogP) is 0.883. The largest absolute Gasteiger partial charge is 0.472 e. The van der Waals surface area contributed by atoms with E-state index in [1.165, 1.54) is 0 Å². The Balaban J connectivity index is 2.07. The van der Waals surface area contributed by atoms with E-state index in [4.69, 9.17) is 27.4 Å². The minimum absolute atomic E-state index is 0.0964. The van der Waals surface area contributed by atoms with E-state index in [2.05, 4.69) is 4.98 Å². The van der Waals surface area contributed by atoms with E-state index in [1.807, 2.05) is 6.07 Å². The van der Waals surface area contributed by atoms with Crippen LogP contribution in [0.4, 0.5) is 0 Å². The zero-order valence-corrected chi connectivity index (χ0v) is 9.00. The zero-order chi connectivity index (χ0) is 10.7. The van der Waals surface area contributed by atoms with Crippen molar-refractivity contribution in [3.8, 4) is 5.88 Å². The van der Waals surface area contributed by atoms with Crippen LogP contribution in [0.2, 0.25) is 0 Å². The Morgan fingerprint density at radius 1 is 1.60 bits per heavy atom. The molecule has 1 aliphatic rings. The molecule has 1 saturated heterocycles. The first kappa shape index (κ1) is 10.3. The molecule has 2 N–H and O–H groups in total. The van der Waals surface area contributed by atoms with Crippen molar-refractivity contribution in [1.29, 1.82) is 0 Å². The fraction of sp³-hybridized carbons (Fsp3) is 0.400. The first-order valence-electron chi connectivity index (χ1n) is 4.77. The van der Waals surface area contributed by atoms with E-state index in [1.54, 1.807) is 12.1 Å². The lowest BCUT2D eigenvalue weighted by molar-refractivity contribution is 0.138. The Morgan fingerprint density at radius 2 is 2.47 bits per heavy atom. The topological polar surface area (TPSA) is 57.4 Å². The maximum Gasteiger partial charge on any atom is 0.214 e. The molecular weight excluding hydrogens is 212 g/mol. The van der Waals surface area contributed by atoms with Gasteiger partial charge in [0.1, 0.15) is 16.8 Å². The summed E-state index contributed by atoms with van der Waals surface area (Å²) in [5, 5.41) is 0. The summed E-state index contributed by atoms with van der Waals surface area (Å²) in [4.78, 5) is 4.47. The summed E-state index contributed by atoms with van der Waals surface area (Å²) in [5.74, 6) is 0.552. The zero-order valence-electron chi connectivity index (χ0n) is 8.18. The molecule has 1 aromatic heterocycles. The number of nitrogens with two attached hydrogens (primary N) is 1. The third kappa shape index (κ3) is 2.64. The molecule has 4 nitrogen and oxygen atoms in total. The Morgan fingerprint density at radius 3 is 3.13 bits per heavy atom. The van der Waals surface area contributed by atoms with Crippen LogP contribution >= 0.6 is 12.2 Å². The standard InChI is InChI=1S/C10H12N2O2S/c11-10(15)8-2-1-3-9(12-8)14-7-4-5-13-6-7/h1-3,7H,4-6H2,(H2,11,15). The van der Waals surface area contributed by atoms with Gasteiger partial charge in [0, 0.05) is 12.5 Å². The van der Waals surface area contributed by atoms with Crippen LogP contribution in [-0.2, 0) is 4.74 Å². The van der Waals surface area contributed by atoms with Crippen molar-refractivity contribution in [3.63, 3.8) is 0 Å². The summed E-state index contributed by atoms with van der Waals surface area (Å²) in [6.45, 7) is 1.37. The van der Waals surface area contributed by atoms with E-state index in [0.717, 1.165) is 13.0 Å². The van der Waals surface area contributed by atoms with Gasteiger partial charge in [0.25, 0.3) is 0 Å². The van der Waals surface area contributed by atoms with Crippen molar-refractivity contribution < 1.29 is 9.47 Å². The third-order valence-electron chi connectivity index (χ3n) is 2.15. The lowest BCUT2D eigenvalue weighted by atomic mass is 10.3. The maximum absolute atomic E-state index is 5.61. The quantitative estimate of drug-likeness (QED) is 0.772. The van der Waals surface area contributed by atoms with Crippen molar-refractivity contribution in [2.75, 3.05) is 13.2 Å². The van der Waals surface area contributed by atoms with Crippen molar-refractivity contribution in [2.45, 2.75) is 12.5 Å². The average molecular weight is 224 g/mol. The SMILES string of the molecule is NC(=S)c1cccc(OC2CCOC2)n1. The highest BCUT2D eigenvalue weighted by molar-refractivity contribution is 7.80. The van der Waals surface area contributed by atoms with Gasteiger partial charge in [0.05, 0.1) is 13.2 Å². The van der Waals surface area contributed by atoms with Crippen LogP contribution in [0.5, 0.6) is 5.88 Å². The van der Waals surface area contributed by atoms with Gasteiger partial charge in [-0.15, -0.1) is 0 Å². The minimum Gasteiger partial charge on any atom is -0.472 e. The molecule has 1 fully saturated rings. The molecule has 1 unspecified atom stereocenters. The highest BCUT2D eigenvalue weighted by Crippen LogP contribution is 2.14. The summed E-state index contributed by atoms with van der Waals surface area (Å²) >= 11 is 4.84. The summed E-state index contributed by atoms with van der Waals surface area (Å²) in [7, 11) is 0. The van der Waals surface area contributed by atoms with Gasteiger partial charge in [0.2, 0.25) is 5.88 Å². The molecule has 1 aromatic rings. The number of hydrogen-bond donors (Lipinski definition) is 1. The Hall–Kier alpha value is -1.20. The van der Waals surface area contributed by atoms with Gasteiger partial charge in [0.15, 0.2) is 0 Å². The number of pyridine rings is 1. The normalized spacial score (nSPS) is 20.1. The van der Waals surface area contributed by atoms with Crippen molar-refractivity contribution >= 4 is 17.2 Å². The van der Waals surface area contributed by atoms with Crippen LogP contribution in [0.15, 0.2) is 18.2 Å². The molecule has 5 heteroatoms. The number of rotatable bonds is 3. The average Bonchev–Trinajstić information content (AvgIpc) is 2.71. The van der Waals surface area contributed by atoms with Crippen LogP contribution in [0, 0.1) is 0 Å². The lowest BCUT2D eigenvalue weighted by Crippen LogP contribution is -2.18. The van der Waals surface area contributed by atoms with Gasteiger partial charge >= 0.3 is 0 Å². The monoisotopic (exact) mass is 224 g/mol. The van der Waals surface area contributed by atoms with Crippen LogP contribution < -0.4 is 10.5 Å². The Labute approximate surface area is 93.4 Å². The smallest absolute Gasteiger partial charge is 0.214 e. The van der Waals surface area contributed by atoms with Gasteiger partial charge in [-0.25, -0.2) is 4.98 Å². The second kappa shape index (κ2) is 4.55. The molecule has 2 heterocycles. The van der Waals surface area contributed by atoms with Crippen LogP contribution in [0.25, 0.3) is 0 Å². The number of aromatic nitrogens is 1. The van der Waals surface area contributed by atoms with Crippen molar-refractivity contribution in [3.05, 3.63) is 23.9 Å². The second-order valence-electron chi connectivity index (χ2n) is 3.33. The minimum atomic E-state index is 0.0964. The molecule has 0 spiro atoms. The summed E-state index contributed by atoms with van der Waals surface area (Å²) in [5.41, 5.74) is 6.06. The van der Waals surface area contributed by atoms with E-state index in [9.17, 15) is 0 Å². The van der Waals surface area contributed by atoms with Gasteiger partial charge in [-0.1, -0.05) is 18.3 Å². The van der Waals surface area contributed by atoms with Crippen molar-refractivity contribution in [1.82, 2.24) is 4.98 Å². The fourth-order valence-electron chi connectivity index (χ4n) is 1.39. The van der Waals surface area contributed by atoms with Crippen LogP contribution in [-0.4, -0.2) is 29.3 Å². The summed E-state index contributed by atoms with van der Waals surface area (Å²) in [6.07, 6.45) is 0.998. The van der Waals surface area contributed by atoms with Gasteiger partial charge < -0.3 is 15.2 Å². The number of nitrogens with zero attached hydrogens (tertiary/aromatic N) is 1. The molecule has 80 valence electrons. The van der Waals surface area contributed by atoms with E-state index in [-0.39, 0.29) is 11.1 Å². The molecule has 0 aromatic carbocycles. The van der Waals surface area contributed by atoms with E-state index < -0.39 is 0 Å². The van der Waals surface area contributed by atoms with E-state index >= 15 is 0 Å². The molecule has 0 radical (unpaired) electrons. The number of thiocarbonyl (C=S) groups is 1. The summed E-state index contributed by atoms with van der Waals surface area (Å²) in [6, 6.07) is 5.38. The van der Waals surface area contributed by atoms with Crippen molar-refractivity contribution in [2.24, 2.45) is 5.73 Å². The molecule has 2 rings (SSSR count). The predicted molar refractivity (Wildman–Crippen MR) is 60.0 cm³/mol. The van der Waals surface area contributed by atoms with E-state index in [0.29, 0.717) is 18.2 Å². The van der Waals surface area contributed by atoms with Gasteiger partial charge in [-0.3, -0.25) is 0 Å². The first-order valence-corrected chi connectivity index (χ1v) is 5.18. The molecule has 0 aliphatic carbocycles. The molecule has 0 bridgehead atoms. The molecule has 0 amide bonds. The molecule has 0 saturated carbocycles. The molecule has 15 heavy (non-hydrogen) atoms. The third-order valence-corrected chi connectivity index (χ3v) is 2.36. The van der Waals surface area contributed by atoms with Gasteiger partial charge in [-0.2, -0.15) is 0 Å². The number of ether oxygens (including phenoxy) is 2. The Kier molecular flexibility index (Phi) is 3.13. The fourth-order valence-corrected chi connectivity index (χ4v) is 1.51. The second-order valence-corrected chi connectivity index (χ2v) is 3.77. The van der Waals surface area contributed by atoms with Crippen LogP contribution in [0.3, 0.4) is 0 Å². The molecule has 1 atom stereocenters. The highest BCUT2D eigenvalue weighted by atomic mass is 32.1. The maximum atomic E-state index is 5.61. The molecule has 1 aliphatic heterocycles. The highest BCUT2D eigenvalue weighted by Gasteiger charge is 2.17. The molecular formula is C10H12N2O2S. The van der Waals surface area contributed by atoms with Crippen LogP contribution in [0.1, 0.15) is 12.1 Å².